The zero-order valence-electron chi connectivity index (χ0n) is 16.7. The van der Waals surface area contributed by atoms with Gasteiger partial charge in [0.25, 0.3) is 0 Å². The van der Waals surface area contributed by atoms with Crippen molar-refractivity contribution in [2.75, 3.05) is 49.6 Å². The number of esters is 1. The van der Waals surface area contributed by atoms with E-state index in [1.807, 2.05) is 18.2 Å². The standard InChI is InChI=1S/C22H25N3O4/c1-17(26)25(20-11-7-6-10-19(20)22(28)29-2)16-21(27)24-14-12-23(13-15-24)18-8-4-3-5-9-18/h3-11H,12-16H2,1-2H3. The topological polar surface area (TPSA) is 70.2 Å². The molecule has 2 aromatic carbocycles. The highest BCUT2D eigenvalue weighted by molar-refractivity contribution is 6.04. The Labute approximate surface area is 170 Å². The fourth-order valence-electron chi connectivity index (χ4n) is 3.45. The normalized spacial score (nSPS) is 13.7. The lowest BCUT2D eigenvalue weighted by atomic mass is 10.1. The van der Waals surface area contributed by atoms with Gasteiger partial charge in [0, 0.05) is 38.8 Å². The minimum absolute atomic E-state index is 0.116. The van der Waals surface area contributed by atoms with Crippen LogP contribution in [0.5, 0.6) is 0 Å². The maximum atomic E-state index is 12.9. The van der Waals surface area contributed by atoms with Gasteiger partial charge in [-0.15, -0.1) is 0 Å². The summed E-state index contributed by atoms with van der Waals surface area (Å²) in [5.74, 6) is -0.999. The Morgan fingerprint density at radius 3 is 2.17 bits per heavy atom. The fraction of sp³-hybridized carbons (Fsp3) is 0.318. The first-order chi connectivity index (χ1) is 14.0. The van der Waals surface area contributed by atoms with Gasteiger partial charge < -0.3 is 19.4 Å². The molecule has 0 atom stereocenters. The zero-order chi connectivity index (χ0) is 20.8. The van der Waals surface area contributed by atoms with E-state index in [9.17, 15) is 14.4 Å². The summed E-state index contributed by atoms with van der Waals surface area (Å²) in [7, 11) is 1.29. The molecule has 0 bridgehead atoms. The van der Waals surface area contributed by atoms with E-state index in [2.05, 4.69) is 17.0 Å². The van der Waals surface area contributed by atoms with E-state index in [1.54, 1.807) is 29.2 Å². The minimum Gasteiger partial charge on any atom is -0.465 e. The van der Waals surface area contributed by atoms with E-state index in [0.717, 1.165) is 18.8 Å². The molecule has 1 saturated heterocycles. The van der Waals surface area contributed by atoms with Crippen LogP contribution < -0.4 is 9.80 Å². The third kappa shape index (κ3) is 4.74. The summed E-state index contributed by atoms with van der Waals surface area (Å²) >= 11 is 0. The van der Waals surface area contributed by atoms with Crippen LogP contribution in [0.1, 0.15) is 17.3 Å². The van der Waals surface area contributed by atoms with Crippen LogP contribution >= 0.6 is 0 Å². The third-order valence-electron chi connectivity index (χ3n) is 5.03. The van der Waals surface area contributed by atoms with Crippen molar-refractivity contribution < 1.29 is 19.1 Å². The molecule has 1 heterocycles. The number of amides is 2. The number of piperazine rings is 1. The lowest BCUT2D eigenvalue weighted by Crippen LogP contribution is -2.52. The van der Waals surface area contributed by atoms with Gasteiger partial charge in [0.1, 0.15) is 6.54 Å². The molecule has 0 unspecified atom stereocenters. The van der Waals surface area contributed by atoms with Crippen molar-refractivity contribution in [3.8, 4) is 0 Å². The lowest BCUT2D eigenvalue weighted by Gasteiger charge is -2.37. The predicted molar refractivity (Wildman–Crippen MR) is 111 cm³/mol. The Kier molecular flexibility index (Phi) is 6.49. The summed E-state index contributed by atoms with van der Waals surface area (Å²) in [6.45, 7) is 3.89. The molecule has 0 aliphatic carbocycles. The number of hydrogen-bond donors (Lipinski definition) is 0. The van der Waals surface area contributed by atoms with Gasteiger partial charge in [0.15, 0.2) is 0 Å². The van der Waals surface area contributed by atoms with Crippen LogP contribution in [0.15, 0.2) is 54.6 Å². The average molecular weight is 395 g/mol. The second kappa shape index (κ2) is 9.23. The SMILES string of the molecule is COC(=O)c1ccccc1N(CC(=O)N1CCN(c2ccccc2)CC1)C(C)=O. The number of hydrogen-bond acceptors (Lipinski definition) is 5. The molecule has 152 valence electrons. The molecular formula is C22H25N3O4. The smallest absolute Gasteiger partial charge is 0.339 e. The molecule has 3 rings (SSSR count). The molecule has 7 nitrogen and oxygen atoms in total. The van der Waals surface area contributed by atoms with Gasteiger partial charge in [-0.3, -0.25) is 9.59 Å². The van der Waals surface area contributed by atoms with Crippen LogP contribution in [0.2, 0.25) is 0 Å². The van der Waals surface area contributed by atoms with Crippen LogP contribution in [0.4, 0.5) is 11.4 Å². The highest BCUT2D eigenvalue weighted by Gasteiger charge is 2.26. The molecule has 0 spiro atoms. The maximum Gasteiger partial charge on any atom is 0.339 e. The van der Waals surface area contributed by atoms with Gasteiger partial charge in [0.05, 0.1) is 18.4 Å². The van der Waals surface area contributed by atoms with Gasteiger partial charge in [-0.25, -0.2) is 4.79 Å². The lowest BCUT2D eigenvalue weighted by molar-refractivity contribution is -0.131. The van der Waals surface area contributed by atoms with Gasteiger partial charge in [0.2, 0.25) is 11.8 Å². The van der Waals surface area contributed by atoms with Gasteiger partial charge in [-0.1, -0.05) is 30.3 Å². The fourth-order valence-corrected chi connectivity index (χ4v) is 3.45. The van der Waals surface area contributed by atoms with Crippen molar-refractivity contribution in [2.45, 2.75) is 6.92 Å². The number of rotatable bonds is 5. The van der Waals surface area contributed by atoms with Crippen molar-refractivity contribution in [3.05, 3.63) is 60.2 Å². The van der Waals surface area contributed by atoms with Crippen molar-refractivity contribution >= 4 is 29.2 Å². The Hall–Kier alpha value is -3.35. The van der Waals surface area contributed by atoms with Gasteiger partial charge in [-0.05, 0) is 24.3 Å². The largest absolute Gasteiger partial charge is 0.465 e. The van der Waals surface area contributed by atoms with Crippen molar-refractivity contribution in [3.63, 3.8) is 0 Å². The summed E-state index contributed by atoms with van der Waals surface area (Å²) in [6, 6.07) is 16.7. The molecule has 2 amide bonds. The average Bonchev–Trinajstić information content (AvgIpc) is 2.77. The molecule has 0 N–H and O–H groups in total. The first-order valence-corrected chi connectivity index (χ1v) is 9.54. The number of anilines is 2. The van der Waals surface area contributed by atoms with Crippen LogP contribution in [-0.4, -0.2) is 62.5 Å². The van der Waals surface area contributed by atoms with Crippen LogP contribution in [0, 0.1) is 0 Å². The summed E-state index contributed by atoms with van der Waals surface area (Å²) in [4.78, 5) is 42.5. The molecule has 0 radical (unpaired) electrons. The number of carbonyl (C=O) groups excluding carboxylic acids is 3. The Bertz CT molecular complexity index is 877. The molecule has 7 heteroatoms. The first-order valence-electron chi connectivity index (χ1n) is 9.54. The molecule has 1 fully saturated rings. The van der Waals surface area contributed by atoms with E-state index in [-0.39, 0.29) is 23.9 Å². The summed E-state index contributed by atoms with van der Waals surface area (Å²) in [6.07, 6.45) is 0. The first kappa shape index (κ1) is 20.4. The second-order valence-corrected chi connectivity index (χ2v) is 6.82. The monoisotopic (exact) mass is 395 g/mol. The van der Waals surface area contributed by atoms with Crippen molar-refractivity contribution in [1.82, 2.24) is 4.90 Å². The van der Waals surface area contributed by atoms with E-state index in [0.29, 0.717) is 18.8 Å². The van der Waals surface area contributed by atoms with Crippen LogP contribution in [0.25, 0.3) is 0 Å². The zero-order valence-corrected chi connectivity index (χ0v) is 16.7. The summed E-state index contributed by atoms with van der Waals surface area (Å²) < 4.78 is 4.80. The Morgan fingerprint density at radius 2 is 1.55 bits per heavy atom. The molecule has 2 aromatic rings. The summed E-state index contributed by atoms with van der Waals surface area (Å²) in [5.41, 5.74) is 1.77. The van der Waals surface area contributed by atoms with Crippen LogP contribution in [-0.2, 0) is 14.3 Å². The van der Waals surface area contributed by atoms with Gasteiger partial charge in [-0.2, -0.15) is 0 Å². The highest BCUT2D eigenvalue weighted by Crippen LogP contribution is 2.22. The van der Waals surface area contributed by atoms with E-state index in [1.165, 1.54) is 18.9 Å². The number of para-hydroxylation sites is 2. The minimum atomic E-state index is -0.546. The molecule has 29 heavy (non-hydrogen) atoms. The predicted octanol–water partition coefficient (Wildman–Crippen LogP) is 2.17. The molecule has 1 aliphatic heterocycles. The van der Waals surface area contributed by atoms with E-state index >= 15 is 0 Å². The Balaban J connectivity index is 1.69. The van der Waals surface area contributed by atoms with Crippen molar-refractivity contribution in [2.24, 2.45) is 0 Å². The quantitative estimate of drug-likeness (QED) is 0.726. The number of methoxy groups -OCH3 is 1. The third-order valence-corrected chi connectivity index (χ3v) is 5.03. The maximum absolute atomic E-state index is 12.9. The second-order valence-electron chi connectivity index (χ2n) is 6.82. The number of ether oxygens (including phenoxy) is 1. The highest BCUT2D eigenvalue weighted by atomic mass is 16.5. The van der Waals surface area contributed by atoms with Crippen LogP contribution in [0.3, 0.4) is 0 Å². The molecule has 1 aliphatic rings. The number of carbonyl (C=O) groups is 3. The van der Waals surface area contributed by atoms with Crippen molar-refractivity contribution in [1.29, 1.82) is 0 Å². The van der Waals surface area contributed by atoms with Gasteiger partial charge >= 0.3 is 5.97 Å². The molecular weight excluding hydrogens is 370 g/mol. The van der Waals surface area contributed by atoms with E-state index < -0.39 is 5.97 Å². The van der Waals surface area contributed by atoms with E-state index in [4.69, 9.17) is 4.74 Å². The molecule has 0 saturated carbocycles. The number of nitrogens with zero attached hydrogens (tertiary/aromatic N) is 3. The molecule has 0 aromatic heterocycles. The summed E-state index contributed by atoms with van der Waals surface area (Å²) in [5, 5.41) is 0. The Morgan fingerprint density at radius 1 is 0.931 bits per heavy atom. The number of benzene rings is 2.